The lowest BCUT2D eigenvalue weighted by Crippen LogP contribution is -3.00. The lowest BCUT2D eigenvalue weighted by atomic mass is 9.96. The fourth-order valence-corrected chi connectivity index (χ4v) is 3.24. The second-order valence-corrected chi connectivity index (χ2v) is 8.76. The highest BCUT2D eigenvalue weighted by Crippen LogP contribution is 2.20. The number of fused-ring (bicyclic) bond motifs is 1. The number of nitrogens with zero attached hydrogens (tertiary/aromatic N) is 2. The largest absolute Gasteiger partial charge is 1.00 e. The van der Waals surface area contributed by atoms with E-state index in [1.807, 2.05) is 39.0 Å². The van der Waals surface area contributed by atoms with E-state index in [-0.39, 0.29) is 23.7 Å². The molecule has 0 aliphatic rings. The van der Waals surface area contributed by atoms with E-state index in [1.54, 1.807) is 0 Å². The molecule has 0 unspecified atom stereocenters. The molecule has 0 saturated heterocycles. The average Bonchev–Trinajstić information content (AvgIpc) is 2.99. The van der Waals surface area contributed by atoms with E-state index < -0.39 is 0 Å². The highest BCUT2D eigenvalue weighted by molar-refractivity contribution is 5.81. The molecular weight excluding hydrogens is 382 g/mol. The predicted molar refractivity (Wildman–Crippen MR) is 116 cm³/mol. The van der Waals surface area contributed by atoms with Crippen LogP contribution in [0.2, 0.25) is 0 Å². The Kier molecular flexibility index (Phi) is 7.48. The molecule has 3 aromatic rings. The zero-order valence-corrected chi connectivity index (χ0v) is 18.8. The summed E-state index contributed by atoms with van der Waals surface area (Å²) >= 11 is 0. The number of halogens is 1. The number of imidazole rings is 1. The van der Waals surface area contributed by atoms with Crippen molar-refractivity contribution in [3.8, 4) is 0 Å². The normalized spacial score (nSPS) is 11.5. The molecule has 0 radical (unpaired) electrons. The van der Waals surface area contributed by atoms with Crippen LogP contribution in [0, 0.1) is 5.41 Å². The number of hydrogen-bond donors (Lipinski definition) is 1. The summed E-state index contributed by atoms with van der Waals surface area (Å²) in [5.74, 6) is 1.60. The van der Waals surface area contributed by atoms with Gasteiger partial charge in [-0.1, -0.05) is 71.0 Å². The maximum absolute atomic E-state index is 12.2. The van der Waals surface area contributed by atoms with Crippen LogP contribution in [0.3, 0.4) is 0 Å². The first-order valence-corrected chi connectivity index (χ1v) is 10.1. The number of rotatable bonds is 6. The van der Waals surface area contributed by atoms with E-state index in [1.165, 1.54) is 11.1 Å². The van der Waals surface area contributed by atoms with E-state index in [0.717, 1.165) is 23.4 Å². The summed E-state index contributed by atoms with van der Waals surface area (Å²) in [7, 11) is 0. The average molecular weight is 413 g/mol. The summed E-state index contributed by atoms with van der Waals surface area (Å²) in [5.41, 5.74) is 4.36. The molecule has 0 saturated carbocycles. The Morgan fingerprint density at radius 2 is 1.72 bits per heavy atom. The van der Waals surface area contributed by atoms with Gasteiger partial charge in [-0.25, -0.2) is 4.98 Å². The van der Waals surface area contributed by atoms with Gasteiger partial charge in [0.2, 0.25) is 5.91 Å². The van der Waals surface area contributed by atoms with E-state index in [9.17, 15) is 4.79 Å². The summed E-state index contributed by atoms with van der Waals surface area (Å²) < 4.78 is 2.27. The third kappa shape index (κ3) is 5.60. The highest BCUT2D eigenvalue weighted by Gasteiger charge is 2.20. The zero-order valence-electron chi connectivity index (χ0n) is 18.0. The lowest BCUT2D eigenvalue weighted by Gasteiger charge is -2.17. The Morgan fingerprint density at radius 1 is 1.07 bits per heavy atom. The molecule has 2 aromatic carbocycles. The quantitative estimate of drug-likeness (QED) is 0.672. The first-order valence-electron chi connectivity index (χ1n) is 10.1. The van der Waals surface area contributed by atoms with Crippen molar-refractivity contribution in [2.75, 3.05) is 6.54 Å². The van der Waals surface area contributed by atoms with Gasteiger partial charge >= 0.3 is 0 Å². The van der Waals surface area contributed by atoms with Crippen LogP contribution in [0.1, 0.15) is 57.5 Å². The van der Waals surface area contributed by atoms with Crippen LogP contribution in [0.15, 0.2) is 48.5 Å². The standard InChI is InChI=1S/C24H31N3O.ClH/c1-17(2)19-12-10-18(11-13-19)16-27-21-9-7-6-8-20(21)26-22(27)14-15-25-23(28)24(3,4)5;/h6-13,17H,14-16H2,1-5H3,(H,25,28);1H/p-1. The fourth-order valence-electron chi connectivity index (χ4n) is 3.24. The van der Waals surface area contributed by atoms with Gasteiger partial charge < -0.3 is 22.3 Å². The maximum atomic E-state index is 12.2. The second kappa shape index (κ2) is 9.45. The van der Waals surface area contributed by atoms with Crippen LogP contribution >= 0.6 is 0 Å². The molecule has 0 atom stereocenters. The van der Waals surface area contributed by atoms with E-state index in [0.29, 0.717) is 18.9 Å². The monoisotopic (exact) mass is 412 g/mol. The Bertz CT molecular complexity index is 952. The number of amides is 1. The minimum Gasteiger partial charge on any atom is -1.00 e. The molecule has 0 aliphatic carbocycles. The maximum Gasteiger partial charge on any atom is 0.225 e. The molecule has 1 N–H and O–H groups in total. The van der Waals surface area contributed by atoms with Crippen molar-refractivity contribution >= 4 is 16.9 Å². The van der Waals surface area contributed by atoms with E-state index in [4.69, 9.17) is 4.98 Å². The van der Waals surface area contributed by atoms with Crippen LogP contribution in [-0.2, 0) is 17.8 Å². The highest BCUT2D eigenvalue weighted by atomic mass is 35.5. The fraction of sp³-hybridized carbons (Fsp3) is 0.417. The van der Waals surface area contributed by atoms with Gasteiger partial charge in [-0.15, -0.1) is 0 Å². The van der Waals surface area contributed by atoms with E-state index in [2.05, 4.69) is 54.1 Å². The van der Waals surface area contributed by atoms with Gasteiger partial charge in [0.1, 0.15) is 5.82 Å². The Labute approximate surface area is 180 Å². The molecule has 0 aliphatic heterocycles. The van der Waals surface area contributed by atoms with E-state index >= 15 is 0 Å². The van der Waals surface area contributed by atoms with Crippen LogP contribution in [0.25, 0.3) is 11.0 Å². The summed E-state index contributed by atoms with van der Waals surface area (Å²) in [6.07, 6.45) is 0.709. The van der Waals surface area contributed by atoms with Gasteiger partial charge in [0.15, 0.2) is 0 Å². The molecule has 4 nitrogen and oxygen atoms in total. The summed E-state index contributed by atoms with van der Waals surface area (Å²) in [6, 6.07) is 17.1. The van der Waals surface area contributed by atoms with Crippen molar-refractivity contribution in [1.82, 2.24) is 14.9 Å². The zero-order chi connectivity index (χ0) is 20.3. The first-order chi connectivity index (χ1) is 13.3. The number of hydrogen-bond acceptors (Lipinski definition) is 2. The number of nitrogens with one attached hydrogen (secondary N) is 1. The number of benzene rings is 2. The van der Waals surface area contributed by atoms with Gasteiger partial charge in [0, 0.05) is 24.9 Å². The van der Waals surface area contributed by atoms with Crippen molar-refractivity contribution in [2.45, 2.75) is 53.5 Å². The molecule has 156 valence electrons. The number of para-hydroxylation sites is 2. The molecule has 3 rings (SSSR count). The lowest BCUT2D eigenvalue weighted by molar-refractivity contribution is -0.128. The van der Waals surface area contributed by atoms with Gasteiger partial charge in [0.05, 0.1) is 11.0 Å². The topological polar surface area (TPSA) is 46.9 Å². The summed E-state index contributed by atoms with van der Waals surface area (Å²) in [4.78, 5) is 17.0. The first kappa shape index (κ1) is 23.0. The minimum absolute atomic E-state index is 0. The smallest absolute Gasteiger partial charge is 0.225 e. The van der Waals surface area contributed by atoms with Gasteiger partial charge in [-0.3, -0.25) is 4.79 Å². The molecule has 29 heavy (non-hydrogen) atoms. The molecule has 0 fully saturated rings. The Hall–Kier alpha value is -2.33. The van der Waals surface area contributed by atoms with Crippen molar-refractivity contribution in [3.05, 3.63) is 65.5 Å². The van der Waals surface area contributed by atoms with Crippen molar-refractivity contribution in [3.63, 3.8) is 0 Å². The van der Waals surface area contributed by atoms with Gasteiger partial charge in [-0.05, 0) is 29.2 Å². The molecule has 0 spiro atoms. The minimum atomic E-state index is -0.377. The Morgan fingerprint density at radius 3 is 2.34 bits per heavy atom. The molecule has 1 amide bonds. The molecule has 0 bridgehead atoms. The molecule has 5 heteroatoms. The van der Waals surface area contributed by atoms with Crippen LogP contribution < -0.4 is 17.7 Å². The predicted octanol–water partition coefficient (Wildman–Crippen LogP) is 1.92. The summed E-state index contributed by atoms with van der Waals surface area (Å²) in [6.45, 7) is 11.6. The van der Waals surface area contributed by atoms with Crippen molar-refractivity contribution in [2.24, 2.45) is 5.41 Å². The number of carbonyl (C=O) groups excluding carboxylic acids is 1. The number of aromatic nitrogens is 2. The summed E-state index contributed by atoms with van der Waals surface area (Å²) in [5, 5.41) is 3.03. The second-order valence-electron chi connectivity index (χ2n) is 8.76. The molecule has 1 heterocycles. The van der Waals surface area contributed by atoms with Crippen molar-refractivity contribution < 1.29 is 17.2 Å². The number of carbonyl (C=O) groups is 1. The third-order valence-corrected chi connectivity index (χ3v) is 5.04. The third-order valence-electron chi connectivity index (χ3n) is 5.04. The van der Waals surface area contributed by atoms with Gasteiger partial charge in [-0.2, -0.15) is 0 Å². The van der Waals surface area contributed by atoms with Crippen LogP contribution in [-0.4, -0.2) is 22.0 Å². The van der Waals surface area contributed by atoms with Crippen LogP contribution in [0.4, 0.5) is 0 Å². The molecular formula is C24H31ClN3O-. The van der Waals surface area contributed by atoms with Gasteiger partial charge in [0.25, 0.3) is 0 Å². The van der Waals surface area contributed by atoms with Crippen molar-refractivity contribution in [1.29, 1.82) is 0 Å². The SMILES string of the molecule is CC(C)c1ccc(Cn2c(CCNC(=O)C(C)(C)C)nc3ccccc32)cc1.[Cl-]. The van der Waals surface area contributed by atoms with Crippen LogP contribution in [0.5, 0.6) is 0 Å². The Balaban J connectivity index is 0.00000300. The molecule has 1 aromatic heterocycles.